The third-order valence-corrected chi connectivity index (χ3v) is 4.26. The van der Waals surface area contributed by atoms with Crippen LogP contribution in [0.4, 0.5) is 10.8 Å². The quantitative estimate of drug-likeness (QED) is 0.489. The van der Waals surface area contributed by atoms with Crippen molar-refractivity contribution in [1.82, 2.24) is 10.2 Å². The van der Waals surface area contributed by atoms with Crippen LogP contribution >= 0.6 is 11.3 Å². The molecule has 10 heteroatoms. The number of nitro benzene ring substituents is 1. The molecule has 0 spiro atoms. The van der Waals surface area contributed by atoms with Crippen LogP contribution in [0.25, 0.3) is 0 Å². The van der Waals surface area contributed by atoms with Gasteiger partial charge in [-0.05, 0) is 30.3 Å². The highest BCUT2D eigenvalue weighted by Crippen LogP contribution is 2.27. The molecule has 2 aromatic carbocycles. The Bertz CT molecular complexity index is 958. The molecule has 3 rings (SSSR count). The summed E-state index contributed by atoms with van der Waals surface area (Å²) in [4.78, 5) is 22.7. The molecule has 1 amide bonds. The van der Waals surface area contributed by atoms with Crippen molar-refractivity contribution in [3.63, 3.8) is 0 Å². The van der Waals surface area contributed by atoms with E-state index in [-0.39, 0.29) is 24.0 Å². The van der Waals surface area contributed by atoms with Crippen molar-refractivity contribution in [2.75, 3.05) is 12.4 Å². The smallest absolute Gasteiger partial charge is 0.310 e. The summed E-state index contributed by atoms with van der Waals surface area (Å²) >= 11 is 1.12. The van der Waals surface area contributed by atoms with Crippen LogP contribution in [-0.4, -0.2) is 28.1 Å². The van der Waals surface area contributed by atoms with Crippen molar-refractivity contribution >= 4 is 28.1 Å². The Morgan fingerprint density at radius 1 is 1.19 bits per heavy atom. The maximum atomic E-state index is 12.2. The Hall–Kier alpha value is -3.53. The van der Waals surface area contributed by atoms with E-state index >= 15 is 0 Å². The maximum Gasteiger partial charge on any atom is 0.310 e. The second-order valence-corrected chi connectivity index (χ2v) is 6.26. The van der Waals surface area contributed by atoms with Crippen molar-refractivity contribution in [1.29, 1.82) is 0 Å². The first-order chi connectivity index (χ1) is 13.1. The Kier molecular flexibility index (Phi) is 5.57. The lowest BCUT2D eigenvalue weighted by atomic mass is 10.2. The van der Waals surface area contributed by atoms with Gasteiger partial charge in [0.2, 0.25) is 5.13 Å². The Labute approximate surface area is 157 Å². The van der Waals surface area contributed by atoms with E-state index in [9.17, 15) is 14.9 Å². The molecule has 1 aromatic heterocycles. The predicted octanol–water partition coefficient (Wildman–Crippen LogP) is 3.29. The van der Waals surface area contributed by atoms with E-state index in [1.165, 1.54) is 12.1 Å². The zero-order valence-electron chi connectivity index (χ0n) is 14.1. The molecule has 0 bridgehead atoms. The molecule has 0 aliphatic carbocycles. The number of nitro groups is 1. The lowest BCUT2D eigenvalue weighted by molar-refractivity contribution is -0.385. The van der Waals surface area contributed by atoms with E-state index < -0.39 is 4.92 Å². The summed E-state index contributed by atoms with van der Waals surface area (Å²) in [7, 11) is 1.55. The number of nitrogens with zero attached hydrogens (tertiary/aromatic N) is 3. The van der Waals surface area contributed by atoms with E-state index in [0.29, 0.717) is 21.5 Å². The number of rotatable bonds is 7. The minimum absolute atomic E-state index is 0.000919. The third kappa shape index (κ3) is 4.55. The normalized spacial score (nSPS) is 10.3. The molecule has 0 unspecified atom stereocenters. The van der Waals surface area contributed by atoms with Crippen LogP contribution in [0.2, 0.25) is 0 Å². The van der Waals surface area contributed by atoms with Crippen LogP contribution in [0.1, 0.15) is 15.4 Å². The molecule has 1 N–H and O–H groups in total. The molecule has 27 heavy (non-hydrogen) atoms. The molecular formula is C17H14N4O5S. The summed E-state index contributed by atoms with van der Waals surface area (Å²) in [5, 5.41) is 22.2. The summed E-state index contributed by atoms with van der Waals surface area (Å²) in [6, 6.07) is 12.7. The molecule has 0 aliphatic rings. The minimum atomic E-state index is -0.518. The molecule has 138 valence electrons. The van der Waals surface area contributed by atoms with Crippen molar-refractivity contribution < 1.29 is 19.2 Å². The van der Waals surface area contributed by atoms with Crippen molar-refractivity contribution in [2.45, 2.75) is 6.61 Å². The number of ether oxygens (including phenoxy) is 2. The Balaban J connectivity index is 1.61. The Morgan fingerprint density at radius 3 is 2.63 bits per heavy atom. The summed E-state index contributed by atoms with van der Waals surface area (Å²) in [5.41, 5.74) is 0.318. The average molecular weight is 386 g/mol. The van der Waals surface area contributed by atoms with Gasteiger partial charge in [-0.15, -0.1) is 10.2 Å². The Morgan fingerprint density at radius 2 is 1.93 bits per heavy atom. The van der Waals surface area contributed by atoms with Gasteiger partial charge >= 0.3 is 5.69 Å². The number of hydrogen-bond acceptors (Lipinski definition) is 8. The monoisotopic (exact) mass is 386 g/mol. The number of carbonyl (C=O) groups is 1. The first-order valence-corrected chi connectivity index (χ1v) is 8.52. The predicted molar refractivity (Wildman–Crippen MR) is 98.3 cm³/mol. The van der Waals surface area contributed by atoms with Gasteiger partial charge in [-0.2, -0.15) is 0 Å². The summed E-state index contributed by atoms with van der Waals surface area (Å²) in [6.45, 7) is 0.000919. The number of methoxy groups -OCH3 is 1. The van der Waals surface area contributed by atoms with Crippen LogP contribution < -0.4 is 14.8 Å². The van der Waals surface area contributed by atoms with Gasteiger partial charge in [0.1, 0.15) is 12.4 Å². The zero-order valence-corrected chi connectivity index (χ0v) is 14.9. The molecule has 0 radical (unpaired) electrons. The van der Waals surface area contributed by atoms with Crippen molar-refractivity contribution in [3.8, 4) is 11.5 Å². The molecule has 0 aliphatic heterocycles. The summed E-state index contributed by atoms with van der Waals surface area (Å²) in [6.07, 6.45) is 0. The highest BCUT2D eigenvalue weighted by molar-refractivity contribution is 7.15. The van der Waals surface area contributed by atoms with Gasteiger partial charge in [0.05, 0.1) is 12.0 Å². The lowest BCUT2D eigenvalue weighted by Crippen LogP contribution is -2.11. The SMILES string of the molecule is COc1ccc(C(=O)Nc2nnc(COc3ccccc3[N+](=O)[O-])s2)cc1. The average Bonchev–Trinajstić information content (AvgIpc) is 3.13. The van der Waals surface area contributed by atoms with Crippen LogP contribution in [0.5, 0.6) is 11.5 Å². The minimum Gasteiger partial charge on any atom is -0.497 e. The third-order valence-electron chi connectivity index (χ3n) is 3.45. The van der Waals surface area contributed by atoms with Crippen molar-refractivity contribution in [3.05, 3.63) is 69.2 Å². The molecular weight excluding hydrogens is 372 g/mol. The number of aromatic nitrogens is 2. The molecule has 0 saturated heterocycles. The van der Waals surface area contributed by atoms with Gasteiger partial charge in [-0.3, -0.25) is 20.2 Å². The lowest BCUT2D eigenvalue weighted by Gasteiger charge is -2.04. The fourth-order valence-electron chi connectivity index (χ4n) is 2.14. The highest BCUT2D eigenvalue weighted by Gasteiger charge is 2.15. The van der Waals surface area contributed by atoms with E-state index in [0.717, 1.165) is 11.3 Å². The number of benzene rings is 2. The number of carbonyl (C=O) groups excluding carboxylic acids is 1. The van der Waals surface area contributed by atoms with Gasteiger partial charge in [0.25, 0.3) is 5.91 Å². The van der Waals surface area contributed by atoms with Crippen molar-refractivity contribution in [2.24, 2.45) is 0 Å². The number of para-hydroxylation sites is 2. The van der Waals surface area contributed by atoms with Crippen LogP contribution in [-0.2, 0) is 6.61 Å². The standard InChI is InChI=1S/C17H14N4O5S/c1-25-12-8-6-11(7-9-12)16(22)18-17-20-19-15(27-17)10-26-14-5-3-2-4-13(14)21(23)24/h2-9H,10H2,1H3,(H,18,20,22). The molecule has 1 heterocycles. The van der Waals surface area contributed by atoms with Crippen LogP contribution in [0, 0.1) is 10.1 Å². The number of nitrogens with one attached hydrogen (secondary N) is 1. The number of hydrogen-bond donors (Lipinski definition) is 1. The zero-order chi connectivity index (χ0) is 19.2. The van der Waals surface area contributed by atoms with E-state index in [4.69, 9.17) is 9.47 Å². The molecule has 9 nitrogen and oxygen atoms in total. The van der Waals surface area contributed by atoms with Crippen LogP contribution in [0.3, 0.4) is 0 Å². The fraction of sp³-hybridized carbons (Fsp3) is 0.118. The number of amides is 1. The highest BCUT2D eigenvalue weighted by atomic mass is 32.1. The van der Waals surface area contributed by atoms with Gasteiger partial charge < -0.3 is 9.47 Å². The number of anilines is 1. The van der Waals surface area contributed by atoms with Crippen LogP contribution in [0.15, 0.2) is 48.5 Å². The van der Waals surface area contributed by atoms with Gasteiger partial charge in [0, 0.05) is 11.6 Å². The van der Waals surface area contributed by atoms with Gasteiger partial charge in [-0.25, -0.2) is 0 Å². The maximum absolute atomic E-state index is 12.2. The molecule has 0 fully saturated rings. The summed E-state index contributed by atoms with van der Waals surface area (Å²) in [5.74, 6) is 0.457. The summed E-state index contributed by atoms with van der Waals surface area (Å²) < 4.78 is 10.5. The fourth-order valence-corrected chi connectivity index (χ4v) is 2.79. The molecule has 0 saturated carbocycles. The largest absolute Gasteiger partial charge is 0.497 e. The molecule has 3 aromatic rings. The van der Waals surface area contributed by atoms with Gasteiger partial charge in [-0.1, -0.05) is 23.5 Å². The van der Waals surface area contributed by atoms with E-state index in [1.807, 2.05) is 0 Å². The van der Waals surface area contributed by atoms with E-state index in [1.54, 1.807) is 43.5 Å². The van der Waals surface area contributed by atoms with Gasteiger partial charge in [0.15, 0.2) is 10.8 Å². The topological polar surface area (TPSA) is 116 Å². The second kappa shape index (κ2) is 8.23. The second-order valence-electron chi connectivity index (χ2n) is 5.20. The first-order valence-electron chi connectivity index (χ1n) is 7.71. The first kappa shape index (κ1) is 18.3. The molecule has 0 atom stereocenters. The van der Waals surface area contributed by atoms with E-state index in [2.05, 4.69) is 15.5 Å².